The van der Waals surface area contributed by atoms with Crippen LogP contribution in [-0.2, 0) is 12.0 Å². The van der Waals surface area contributed by atoms with Crippen LogP contribution in [0.25, 0.3) is 0 Å². The number of rotatable bonds is 3. The third-order valence-electron chi connectivity index (χ3n) is 3.10. The number of aliphatic hydroxyl groups is 1. The Morgan fingerprint density at radius 2 is 2.00 bits per heavy atom. The minimum Gasteiger partial charge on any atom is -0.472 e. The largest absolute Gasteiger partial charge is 0.472 e. The van der Waals surface area contributed by atoms with Crippen molar-refractivity contribution in [3.8, 4) is 0 Å². The van der Waals surface area contributed by atoms with Crippen LogP contribution in [0.1, 0.15) is 29.2 Å². The molecule has 0 aliphatic carbocycles. The Labute approximate surface area is 102 Å². The Bertz CT molecular complexity index is 496. The maximum atomic E-state index is 10.6. The van der Waals surface area contributed by atoms with Gasteiger partial charge in [0.15, 0.2) is 0 Å². The van der Waals surface area contributed by atoms with Gasteiger partial charge in [0.1, 0.15) is 0 Å². The van der Waals surface area contributed by atoms with Crippen molar-refractivity contribution in [1.82, 2.24) is 0 Å². The van der Waals surface area contributed by atoms with Gasteiger partial charge in [0, 0.05) is 6.42 Å². The van der Waals surface area contributed by atoms with Gasteiger partial charge < -0.3 is 9.52 Å². The van der Waals surface area contributed by atoms with Gasteiger partial charge in [-0.2, -0.15) is 0 Å². The van der Waals surface area contributed by atoms with Gasteiger partial charge in [0.05, 0.1) is 18.1 Å². The number of hydrogen-bond acceptors (Lipinski definition) is 2. The van der Waals surface area contributed by atoms with Crippen LogP contribution < -0.4 is 0 Å². The van der Waals surface area contributed by atoms with Gasteiger partial charge in [0.2, 0.25) is 0 Å². The summed E-state index contributed by atoms with van der Waals surface area (Å²) < 4.78 is 5.04. The van der Waals surface area contributed by atoms with Crippen LogP contribution in [-0.4, -0.2) is 5.11 Å². The van der Waals surface area contributed by atoms with Crippen molar-refractivity contribution in [2.75, 3.05) is 0 Å². The predicted molar refractivity (Wildman–Crippen MR) is 67.9 cm³/mol. The lowest BCUT2D eigenvalue weighted by Crippen LogP contribution is -2.25. The Balaban J connectivity index is 2.33. The molecule has 0 saturated heterocycles. The van der Waals surface area contributed by atoms with E-state index < -0.39 is 5.60 Å². The maximum absolute atomic E-state index is 10.6. The lowest BCUT2D eigenvalue weighted by molar-refractivity contribution is 0.0567. The molecule has 0 spiro atoms. The Hall–Kier alpha value is -1.54. The molecular weight excluding hydrogens is 212 g/mol. The average Bonchev–Trinajstić information content (AvgIpc) is 2.73. The van der Waals surface area contributed by atoms with Crippen molar-refractivity contribution in [2.45, 2.75) is 32.8 Å². The normalized spacial score (nSPS) is 14.6. The first-order valence-electron chi connectivity index (χ1n) is 5.80. The van der Waals surface area contributed by atoms with E-state index in [1.54, 1.807) is 12.5 Å². The maximum Gasteiger partial charge on any atom is 0.0935 e. The minimum atomic E-state index is -0.861. The summed E-state index contributed by atoms with van der Waals surface area (Å²) in [6.45, 7) is 5.91. The van der Waals surface area contributed by atoms with E-state index in [9.17, 15) is 5.11 Å². The smallest absolute Gasteiger partial charge is 0.0935 e. The molecule has 0 aliphatic heterocycles. The summed E-state index contributed by atoms with van der Waals surface area (Å²) >= 11 is 0. The average molecular weight is 230 g/mol. The Morgan fingerprint density at radius 3 is 2.65 bits per heavy atom. The van der Waals surface area contributed by atoms with Crippen molar-refractivity contribution in [3.63, 3.8) is 0 Å². The number of benzene rings is 1. The molecule has 90 valence electrons. The zero-order valence-electron chi connectivity index (χ0n) is 10.5. The highest BCUT2D eigenvalue weighted by Gasteiger charge is 2.25. The zero-order valence-corrected chi connectivity index (χ0v) is 10.5. The molecule has 2 rings (SSSR count). The van der Waals surface area contributed by atoms with Crippen molar-refractivity contribution in [3.05, 3.63) is 59.0 Å². The van der Waals surface area contributed by atoms with E-state index in [0.29, 0.717) is 6.42 Å². The molecule has 0 fully saturated rings. The van der Waals surface area contributed by atoms with E-state index in [1.807, 2.05) is 26.8 Å². The summed E-state index contributed by atoms with van der Waals surface area (Å²) in [5.74, 6) is 0. The number of hydrogen-bond donors (Lipinski definition) is 1. The van der Waals surface area contributed by atoms with Crippen LogP contribution in [0.3, 0.4) is 0 Å². The first-order valence-corrected chi connectivity index (χ1v) is 5.80. The zero-order chi connectivity index (χ0) is 12.5. The van der Waals surface area contributed by atoms with Gasteiger partial charge >= 0.3 is 0 Å². The third-order valence-corrected chi connectivity index (χ3v) is 3.10. The molecule has 1 unspecified atom stereocenters. The van der Waals surface area contributed by atoms with E-state index in [0.717, 1.165) is 22.3 Å². The van der Waals surface area contributed by atoms with E-state index in [4.69, 9.17) is 4.42 Å². The number of furan rings is 1. The topological polar surface area (TPSA) is 33.4 Å². The van der Waals surface area contributed by atoms with Gasteiger partial charge in [-0.05, 0) is 43.5 Å². The van der Waals surface area contributed by atoms with Gasteiger partial charge in [-0.25, -0.2) is 0 Å². The summed E-state index contributed by atoms with van der Waals surface area (Å²) in [7, 11) is 0. The molecule has 1 N–H and O–H groups in total. The molecule has 1 aromatic carbocycles. The van der Waals surface area contributed by atoms with Crippen LogP contribution in [0.15, 0.2) is 41.2 Å². The highest BCUT2D eigenvalue weighted by Crippen LogP contribution is 2.28. The summed E-state index contributed by atoms with van der Waals surface area (Å²) in [6.07, 6.45) is 3.88. The van der Waals surface area contributed by atoms with Crippen LogP contribution in [0, 0.1) is 13.8 Å². The fourth-order valence-electron chi connectivity index (χ4n) is 2.20. The first-order chi connectivity index (χ1) is 7.99. The second-order valence-corrected chi connectivity index (χ2v) is 4.90. The monoisotopic (exact) mass is 230 g/mol. The van der Waals surface area contributed by atoms with E-state index in [1.165, 1.54) is 0 Å². The van der Waals surface area contributed by atoms with Crippen molar-refractivity contribution in [2.24, 2.45) is 0 Å². The molecule has 0 bridgehead atoms. The quantitative estimate of drug-likeness (QED) is 0.877. The van der Waals surface area contributed by atoms with Gasteiger partial charge in [-0.15, -0.1) is 0 Å². The Kier molecular flexibility index (Phi) is 3.07. The number of aryl methyl sites for hydroxylation is 2. The molecule has 1 heterocycles. The van der Waals surface area contributed by atoms with Crippen LogP contribution in [0.5, 0.6) is 0 Å². The molecule has 0 saturated carbocycles. The molecule has 1 atom stereocenters. The molecule has 2 aromatic rings. The lowest BCUT2D eigenvalue weighted by Gasteiger charge is -2.25. The fourth-order valence-corrected chi connectivity index (χ4v) is 2.20. The third kappa shape index (κ3) is 2.59. The van der Waals surface area contributed by atoms with Crippen molar-refractivity contribution in [1.29, 1.82) is 0 Å². The summed E-state index contributed by atoms with van der Waals surface area (Å²) in [5.41, 5.74) is 3.41. The summed E-state index contributed by atoms with van der Waals surface area (Å²) in [6, 6.07) is 8.05. The minimum absolute atomic E-state index is 0.563. The molecule has 0 amide bonds. The highest BCUT2D eigenvalue weighted by molar-refractivity contribution is 5.35. The SMILES string of the molecule is Cc1ccc(C)c(C(C)(O)Cc2ccoc2)c1. The molecular formula is C15H18O2. The Morgan fingerprint density at radius 1 is 1.24 bits per heavy atom. The van der Waals surface area contributed by atoms with E-state index in [-0.39, 0.29) is 0 Å². The first kappa shape index (κ1) is 11.9. The second kappa shape index (κ2) is 4.38. The van der Waals surface area contributed by atoms with Crippen molar-refractivity contribution < 1.29 is 9.52 Å². The standard InChI is InChI=1S/C15H18O2/c1-11-4-5-12(2)14(8-11)15(3,16)9-13-6-7-17-10-13/h4-8,10,16H,9H2,1-3H3. The summed E-state index contributed by atoms with van der Waals surface area (Å²) in [5, 5.41) is 10.6. The molecule has 1 aromatic heterocycles. The highest BCUT2D eigenvalue weighted by atomic mass is 16.3. The molecule has 2 nitrogen and oxygen atoms in total. The van der Waals surface area contributed by atoms with E-state index in [2.05, 4.69) is 18.2 Å². The van der Waals surface area contributed by atoms with Crippen LogP contribution in [0.2, 0.25) is 0 Å². The van der Waals surface area contributed by atoms with Crippen LogP contribution >= 0.6 is 0 Å². The lowest BCUT2D eigenvalue weighted by atomic mass is 9.86. The fraction of sp³-hybridized carbons (Fsp3) is 0.333. The molecule has 0 radical (unpaired) electrons. The summed E-state index contributed by atoms with van der Waals surface area (Å²) in [4.78, 5) is 0. The van der Waals surface area contributed by atoms with Gasteiger partial charge in [0.25, 0.3) is 0 Å². The predicted octanol–water partition coefficient (Wildman–Crippen LogP) is 3.35. The van der Waals surface area contributed by atoms with Crippen molar-refractivity contribution >= 4 is 0 Å². The van der Waals surface area contributed by atoms with Gasteiger partial charge in [-0.1, -0.05) is 23.8 Å². The van der Waals surface area contributed by atoms with Crippen LogP contribution in [0.4, 0.5) is 0 Å². The molecule has 2 heteroatoms. The molecule has 17 heavy (non-hydrogen) atoms. The van der Waals surface area contributed by atoms with E-state index >= 15 is 0 Å². The second-order valence-electron chi connectivity index (χ2n) is 4.90. The molecule has 0 aliphatic rings. The van der Waals surface area contributed by atoms with Gasteiger partial charge in [-0.3, -0.25) is 0 Å².